The molecule has 22 heavy (non-hydrogen) atoms. The molecule has 0 spiro atoms. The smallest absolute Gasteiger partial charge is 0.326 e. The van der Waals surface area contributed by atoms with Crippen molar-refractivity contribution in [2.24, 2.45) is 0 Å². The third kappa shape index (κ3) is 6.07. The van der Waals surface area contributed by atoms with Crippen LogP contribution in [0.2, 0.25) is 0 Å². The Labute approximate surface area is 127 Å². The lowest BCUT2D eigenvalue weighted by Gasteiger charge is -2.21. The summed E-state index contributed by atoms with van der Waals surface area (Å²) < 4.78 is 30.1. The van der Waals surface area contributed by atoms with Gasteiger partial charge >= 0.3 is 5.97 Å². The molecule has 0 aromatic heterocycles. The highest BCUT2D eigenvalue weighted by Crippen LogP contribution is 2.18. The molecule has 0 aliphatic rings. The van der Waals surface area contributed by atoms with Crippen molar-refractivity contribution in [1.29, 1.82) is 0 Å². The van der Waals surface area contributed by atoms with Crippen LogP contribution in [0.3, 0.4) is 0 Å². The predicted molar refractivity (Wildman–Crippen MR) is 76.3 cm³/mol. The van der Waals surface area contributed by atoms with Gasteiger partial charge in [-0.3, -0.25) is 4.79 Å². The molecule has 0 heterocycles. The Kier molecular flexibility index (Phi) is 5.84. The first kappa shape index (κ1) is 17.9. The van der Waals surface area contributed by atoms with Crippen LogP contribution in [-0.4, -0.2) is 35.1 Å². The van der Waals surface area contributed by atoms with Crippen LogP contribution in [0.15, 0.2) is 24.3 Å². The van der Waals surface area contributed by atoms with Crippen molar-refractivity contribution in [3.63, 3.8) is 0 Å². The van der Waals surface area contributed by atoms with Crippen LogP contribution in [0.1, 0.15) is 37.6 Å². The monoisotopic (exact) mass is 315 g/mol. The van der Waals surface area contributed by atoms with Crippen molar-refractivity contribution in [3.8, 4) is 5.75 Å². The van der Waals surface area contributed by atoms with Gasteiger partial charge in [0.2, 0.25) is 6.43 Å². The number of carbonyl (C=O) groups excluding carboxylic acids is 1. The zero-order valence-electron chi connectivity index (χ0n) is 12.6. The molecular formula is C15H19F2NO4. The van der Waals surface area contributed by atoms with Gasteiger partial charge in [-0.1, -0.05) is 0 Å². The van der Waals surface area contributed by atoms with Crippen LogP contribution in [-0.2, 0) is 4.79 Å². The van der Waals surface area contributed by atoms with Crippen LogP contribution in [0.25, 0.3) is 0 Å². The number of ether oxygens (including phenoxy) is 1. The van der Waals surface area contributed by atoms with Gasteiger partial charge in [0.1, 0.15) is 17.4 Å². The maximum atomic E-state index is 12.3. The lowest BCUT2D eigenvalue weighted by molar-refractivity contribution is -0.140. The summed E-state index contributed by atoms with van der Waals surface area (Å²) in [6.07, 6.45) is -3.75. The second-order valence-corrected chi connectivity index (χ2v) is 5.73. The Morgan fingerprint density at radius 3 is 2.18 bits per heavy atom. The predicted octanol–water partition coefficient (Wildman–Crippen LogP) is 2.70. The Morgan fingerprint density at radius 1 is 1.23 bits per heavy atom. The van der Waals surface area contributed by atoms with Crippen LogP contribution >= 0.6 is 0 Å². The lowest BCUT2D eigenvalue weighted by atomic mass is 10.1. The van der Waals surface area contributed by atoms with E-state index in [0.29, 0.717) is 5.75 Å². The fraction of sp³-hybridized carbons (Fsp3) is 0.467. The molecule has 0 aliphatic heterocycles. The molecule has 2 N–H and O–H groups in total. The second kappa shape index (κ2) is 7.20. The molecule has 1 atom stereocenters. The molecule has 7 heteroatoms. The summed E-state index contributed by atoms with van der Waals surface area (Å²) in [5.41, 5.74) is -0.225. The van der Waals surface area contributed by atoms with E-state index in [1.165, 1.54) is 12.1 Å². The van der Waals surface area contributed by atoms with Crippen molar-refractivity contribution in [1.82, 2.24) is 5.32 Å². The quantitative estimate of drug-likeness (QED) is 0.846. The number of carbonyl (C=O) groups is 2. The number of alkyl halides is 2. The zero-order valence-corrected chi connectivity index (χ0v) is 12.6. The van der Waals surface area contributed by atoms with Gasteiger partial charge < -0.3 is 15.2 Å². The summed E-state index contributed by atoms with van der Waals surface area (Å²) in [4.78, 5) is 22.7. The fourth-order valence-corrected chi connectivity index (χ4v) is 1.67. The van der Waals surface area contributed by atoms with E-state index in [-0.39, 0.29) is 5.56 Å². The number of hydrogen-bond donors (Lipinski definition) is 2. The normalized spacial score (nSPS) is 12.8. The highest BCUT2D eigenvalue weighted by atomic mass is 19.3. The Morgan fingerprint density at radius 2 is 1.77 bits per heavy atom. The minimum absolute atomic E-state index is 0.168. The summed E-state index contributed by atoms with van der Waals surface area (Å²) in [5, 5.41) is 10.9. The largest absolute Gasteiger partial charge is 0.488 e. The molecule has 0 aliphatic carbocycles. The zero-order chi connectivity index (χ0) is 16.9. The molecule has 0 saturated heterocycles. The molecule has 1 rings (SSSR count). The molecule has 5 nitrogen and oxygen atoms in total. The molecular weight excluding hydrogens is 296 g/mol. The van der Waals surface area contributed by atoms with Crippen molar-refractivity contribution in [2.45, 2.75) is 45.3 Å². The number of hydrogen-bond acceptors (Lipinski definition) is 3. The van der Waals surface area contributed by atoms with Gasteiger partial charge in [-0.2, -0.15) is 0 Å². The van der Waals surface area contributed by atoms with E-state index in [4.69, 9.17) is 9.84 Å². The van der Waals surface area contributed by atoms with Gasteiger partial charge in [0.15, 0.2) is 0 Å². The van der Waals surface area contributed by atoms with Crippen molar-refractivity contribution >= 4 is 11.9 Å². The summed E-state index contributed by atoms with van der Waals surface area (Å²) in [5.74, 6) is -1.68. The molecule has 1 aromatic rings. The summed E-state index contributed by atoms with van der Waals surface area (Å²) >= 11 is 0. The number of rotatable bonds is 6. The van der Waals surface area contributed by atoms with Gasteiger partial charge in [0.25, 0.3) is 5.91 Å². The first-order valence-corrected chi connectivity index (χ1v) is 6.69. The van der Waals surface area contributed by atoms with Crippen LogP contribution in [0.5, 0.6) is 5.75 Å². The van der Waals surface area contributed by atoms with E-state index < -0.39 is 36.4 Å². The summed E-state index contributed by atoms with van der Waals surface area (Å²) in [6, 6.07) is 4.37. The van der Waals surface area contributed by atoms with E-state index in [9.17, 15) is 18.4 Å². The number of aliphatic carboxylic acids is 1. The van der Waals surface area contributed by atoms with Crippen molar-refractivity contribution in [3.05, 3.63) is 29.8 Å². The first-order valence-electron chi connectivity index (χ1n) is 6.69. The van der Waals surface area contributed by atoms with E-state index >= 15 is 0 Å². The Hall–Kier alpha value is -2.18. The lowest BCUT2D eigenvalue weighted by Crippen LogP contribution is -2.42. The van der Waals surface area contributed by atoms with Gasteiger partial charge in [0.05, 0.1) is 0 Å². The maximum absolute atomic E-state index is 12.3. The van der Waals surface area contributed by atoms with Crippen molar-refractivity contribution in [2.75, 3.05) is 0 Å². The Balaban J connectivity index is 2.74. The number of nitrogens with one attached hydrogen (secondary N) is 1. The topological polar surface area (TPSA) is 75.6 Å². The van der Waals surface area contributed by atoms with Crippen LogP contribution in [0, 0.1) is 0 Å². The number of amides is 1. The van der Waals surface area contributed by atoms with Gasteiger partial charge in [-0.25, -0.2) is 13.6 Å². The Bertz CT molecular complexity index is 523. The van der Waals surface area contributed by atoms with Gasteiger partial charge in [0, 0.05) is 12.0 Å². The average Bonchev–Trinajstić information content (AvgIpc) is 2.36. The summed E-state index contributed by atoms with van der Waals surface area (Å²) in [6.45, 7) is 5.61. The second-order valence-electron chi connectivity index (χ2n) is 5.73. The standard InChI is InChI=1S/C15H19F2NO4/c1-15(2,3)22-10-6-4-9(5-7-10)13(19)18-11(14(20)21)8-12(16)17/h4-7,11-12H,8H2,1-3H3,(H,18,19)(H,20,21). The van der Waals surface area contributed by atoms with E-state index in [0.717, 1.165) is 0 Å². The highest BCUT2D eigenvalue weighted by Gasteiger charge is 2.24. The molecule has 0 radical (unpaired) electrons. The third-order valence-corrected chi connectivity index (χ3v) is 2.56. The minimum atomic E-state index is -2.82. The molecule has 1 unspecified atom stereocenters. The number of carboxylic acids is 1. The fourth-order valence-electron chi connectivity index (χ4n) is 1.67. The average molecular weight is 315 g/mol. The number of halogens is 2. The maximum Gasteiger partial charge on any atom is 0.326 e. The molecule has 1 aromatic carbocycles. The highest BCUT2D eigenvalue weighted by molar-refractivity contribution is 5.96. The molecule has 0 bridgehead atoms. The van der Waals surface area contributed by atoms with Gasteiger partial charge in [-0.15, -0.1) is 0 Å². The number of benzene rings is 1. The minimum Gasteiger partial charge on any atom is -0.488 e. The molecule has 0 saturated carbocycles. The van der Waals surface area contributed by atoms with Crippen molar-refractivity contribution < 1.29 is 28.2 Å². The van der Waals surface area contributed by atoms with E-state index in [2.05, 4.69) is 5.32 Å². The van der Waals surface area contributed by atoms with Crippen LogP contribution < -0.4 is 10.1 Å². The summed E-state index contributed by atoms with van der Waals surface area (Å²) in [7, 11) is 0. The van der Waals surface area contributed by atoms with E-state index in [1.54, 1.807) is 12.1 Å². The molecule has 1 amide bonds. The first-order chi connectivity index (χ1) is 10.1. The molecule has 0 fully saturated rings. The van der Waals surface area contributed by atoms with Gasteiger partial charge in [-0.05, 0) is 45.0 Å². The third-order valence-electron chi connectivity index (χ3n) is 2.56. The van der Waals surface area contributed by atoms with Crippen LogP contribution in [0.4, 0.5) is 8.78 Å². The SMILES string of the molecule is CC(C)(C)Oc1ccc(C(=O)NC(CC(F)F)C(=O)O)cc1. The number of carboxylic acid groups (broad SMARTS) is 1. The van der Waals surface area contributed by atoms with E-state index in [1.807, 2.05) is 20.8 Å². The molecule has 122 valence electrons.